The smallest absolute Gasteiger partial charge is 0.337 e. The van der Waals surface area contributed by atoms with Crippen LogP contribution in [0.1, 0.15) is 49.0 Å². The molecule has 3 rings (SSSR count). The van der Waals surface area contributed by atoms with Crippen molar-refractivity contribution < 1.29 is 24.2 Å². The van der Waals surface area contributed by atoms with E-state index in [0.29, 0.717) is 36.0 Å². The molecule has 0 unspecified atom stereocenters. The van der Waals surface area contributed by atoms with Gasteiger partial charge < -0.3 is 19.9 Å². The highest BCUT2D eigenvalue weighted by Crippen LogP contribution is 2.33. The van der Waals surface area contributed by atoms with Gasteiger partial charge in [0, 0.05) is 35.9 Å². The van der Waals surface area contributed by atoms with Gasteiger partial charge in [0.1, 0.15) is 11.8 Å². The van der Waals surface area contributed by atoms with E-state index in [1.165, 1.54) is 12.3 Å². The van der Waals surface area contributed by atoms with Gasteiger partial charge >= 0.3 is 5.97 Å². The molecule has 2 N–H and O–H groups in total. The van der Waals surface area contributed by atoms with Crippen molar-refractivity contribution in [2.75, 3.05) is 6.61 Å². The largest absolute Gasteiger partial charge is 0.490 e. The SMILES string of the molecule is CC(C)Oc1cc2c(OCC[C@@H]3CCC(=O)N3)ncc(C(=O)O)c2cc1C#N. The number of ether oxygens (including phenoxy) is 2. The number of fused-ring (bicyclic) bond motifs is 1. The minimum absolute atomic E-state index is 0.0157. The summed E-state index contributed by atoms with van der Waals surface area (Å²) < 4.78 is 11.5. The first-order valence-electron chi connectivity index (χ1n) is 9.08. The van der Waals surface area contributed by atoms with E-state index in [0.717, 1.165) is 6.42 Å². The molecule has 0 bridgehead atoms. The molecule has 0 saturated carbocycles. The molecule has 1 atom stereocenters. The molecular weight excluding hydrogens is 362 g/mol. The second-order valence-corrected chi connectivity index (χ2v) is 6.89. The summed E-state index contributed by atoms with van der Waals surface area (Å²) in [5, 5.41) is 22.6. The number of pyridine rings is 1. The fourth-order valence-corrected chi connectivity index (χ4v) is 3.16. The van der Waals surface area contributed by atoms with E-state index in [2.05, 4.69) is 10.3 Å². The molecule has 1 aromatic carbocycles. The van der Waals surface area contributed by atoms with Gasteiger partial charge in [-0.15, -0.1) is 0 Å². The molecule has 146 valence electrons. The monoisotopic (exact) mass is 383 g/mol. The molecule has 0 radical (unpaired) electrons. The third kappa shape index (κ3) is 4.14. The number of hydrogen-bond acceptors (Lipinski definition) is 6. The Morgan fingerprint density at radius 2 is 2.21 bits per heavy atom. The third-order valence-electron chi connectivity index (χ3n) is 4.45. The summed E-state index contributed by atoms with van der Waals surface area (Å²) in [6.45, 7) is 4.00. The zero-order chi connectivity index (χ0) is 20.3. The van der Waals surface area contributed by atoms with Gasteiger partial charge in [-0.05, 0) is 32.4 Å². The lowest BCUT2D eigenvalue weighted by Crippen LogP contribution is -2.26. The van der Waals surface area contributed by atoms with Gasteiger partial charge in [0.05, 0.1) is 23.8 Å². The number of benzene rings is 1. The van der Waals surface area contributed by atoms with Crippen LogP contribution < -0.4 is 14.8 Å². The summed E-state index contributed by atoms with van der Waals surface area (Å²) in [5.74, 6) is -0.484. The molecular formula is C20H21N3O5. The summed E-state index contributed by atoms with van der Waals surface area (Å²) in [6.07, 6.45) is 2.98. The molecule has 2 heterocycles. The van der Waals surface area contributed by atoms with E-state index < -0.39 is 5.97 Å². The number of carbonyl (C=O) groups is 2. The fraction of sp³-hybridized carbons (Fsp3) is 0.400. The van der Waals surface area contributed by atoms with Crippen LogP contribution in [0.5, 0.6) is 11.6 Å². The lowest BCUT2D eigenvalue weighted by molar-refractivity contribution is -0.119. The average molecular weight is 383 g/mol. The number of carbonyl (C=O) groups excluding carboxylic acids is 1. The van der Waals surface area contributed by atoms with Crippen molar-refractivity contribution in [3.63, 3.8) is 0 Å². The second kappa shape index (κ2) is 8.13. The third-order valence-corrected chi connectivity index (χ3v) is 4.45. The maximum Gasteiger partial charge on any atom is 0.337 e. The van der Waals surface area contributed by atoms with Crippen LogP contribution in [-0.2, 0) is 4.79 Å². The van der Waals surface area contributed by atoms with Crippen LogP contribution >= 0.6 is 0 Å². The highest BCUT2D eigenvalue weighted by Gasteiger charge is 2.21. The van der Waals surface area contributed by atoms with Gasteiger partial charge in [-0.25, -0.2) is 9.78 Å². The molecule has 0 spiro atoms. The molecule has 1 aliphatic rings. The van der Waals surface area contributed by atoms with Gasteiger partial charge in [-0.1, -0.05) is 0 Å². The molecule has 8 nitrogen and oxygen atoms in total. The van der Waals surface area contributed by atoms with Crippen molar-refractivity contribution in [1.82, 2.24) is 10.3 Å². The molecule has 0 aliphatic carbocycles. The van der Waals surface area contributed by atoms with E-state index >= 15 is 0 Å². The highest BCUT2D eigenvalue weighted by atomic mass is 16.5. The van der Waals surface area contributed by atoms with Crippen LogP contribution in [-0.4, -0.2) is 40.7 Å². The summed E-state index contributed by atoms with van der Waals surface area (Å²) in [7, 11) is 0. The average Bonchev–Trinajstić information content (AvgIpc) is 3.05. The summed E-state index contributed by atoms with van der Waals surface area (Å²) in [5.41, 5.74) is 0.229. The Kier molecular flexibility index (Phi) is 5.64. The van der Waals surface area contributed by atoms with Crippen molar-refractivity contribution in [3.05, 3.63) is 29.5 Å². The van der Waals surface area contributed by atoms with Crippen molar-refractivity contribution >= 4 is 22.6 Å². The number of nitriles is 1. The molecule has 28 heavy (non-hydrogen) atoms. The Morgan fingerprint density at radius 1 is 1.43 bits per heavy atom. The van der Waals surface area contributed by atoms with Gasteiger partial charge in [0.25, 0.3) is 0 Å². The topological polar surface area (TPSA) is 122 Å². The first kappa shape index (κ1) is 19.4. The fourth-order valence-electron chi connectivity index (χ4n) is 3.16. The number of carboxylic acid groups (broad SMARTS) is 1. The van der Waals surface area contributed by atoms with Gasteiger partial charge in [-0.2, -0.15) is 5.26 Å². The van der Waals surface area contributed by atoms with Crippen molar-refractivity contribution in [1.29, 1.82) is 5.26 Å². The number of aromatic carboxylic acids is 1. The number of amides is 1. The summed E-state index contributed by atoms with van der Waals surface area (Å²) in [4.78, 5) is 27.0. The zero-order valence-electron chi connectivity index (χ0n) is 15.7. The van der Waals surface area contributed by atoms with Gasteiger partial charge in [0.2, 0.25) is 11.8 Å². The van der Waals surface area contributed by atoms with E-state index in [-0.39, 0.29) is 35.1 Å². The highest BCUT2D eigenvalue weighted by molar-refractivity contribution is 6.05. The van der Waals surface area contributed by atoms with Gasteiger partial charge in [-0.3, -0.25) is 4.79 Å². The van der Waals surface area contributed by atoms with E-state index in [1.54, 1.807) is 6.07 Å². The van der Waals surface area contributed by atoms with Crippen LogP contribution in [0.2, 0.25) is 0 Å². The predicted octanol–water partition coefficient (Wildman–Crippen LogP) is 2.64. The van der Waals surface area contributed by atoms with E-state index in [4.69, 9.17) is 9.47 Å². The van der Waals surface area contributed by atoms with Crippen LogP contribution in [0, 0.1) is 11.3 Å². The minimum Gasteiger partial charge on any atom is -0.490 e. The molecule has 1 amide bonds. The number of hydrogen-bond donors (Lipinski definition) is 2. The molecule has 1 saturated heterocycles. The number of nitrogens with zero attached hydrogens (tertiary/aromatic N) is 2. The Hall–Kier alpha value is -3.34. The van der Waals surface area contributed by atoms with Crippen LogP contribution in [0.15, 0.2) is 18.3 Å². The Morgan fingerprint density at radius 3 is 2.82 bits per heavy atom. The standard InChI is InChI=1S/C20H21N3O5/c1-11(2)28-17-8-15-14(7-12(17)9-21)16(20(25)26)10-22-19(15)27-6-5-13-3-4-18(24)23-13/h7-8,10-11,13H,3-6H2,1-2H3,(H,23,24)(H,25,26)/t13-/m0/s1. The minimum atomic E-state index is -1.14. The first-order valence-corrected chi connectivity index (χ1v) is 9.08. The maximum atomic E-state index is 11.6. The second-order valence-electron chi connectivity index (χ2n) is 6.89. The molecule has 8 heteroatoms. The quantitative estimate of drug-likeness (QED) is 0.754. The Bertz CT molecular complexity index is 964. The van der Waals surface area contributed by atoms with Gasteiger partial charge in [0.15, 0.2) is 0 Å². The van der Waals surface area contributed by atoms with Crippen molar-refractivity contribution in [2.45, 2.75) is 45.3 Å². The first-order chi connectivity index (χ1) is 13.4. The summed E-state index contributed by atoms with van der Waals surface area (Å²) in [6, 6.07) is 5.20. The van der Waals surface area contributed by atoms with Crippen molar-refractivity contribution in [3.8, 4) is 17.7 Å². The molecule has 1 aromatic heterocycles. The molecule has 2 aromatic rings. The van der Waals surface area contributed by atoms with Crippen LogP contribution in [0.25, 0.3) is 10.8 Å². The van der Waals surface area contributed by atoms with Crippen LogP contribution in [0.4, 0.5) is 0 Å². The summed E-state index contributed by atoms with van der Waals surface area (Å²) >= 11 is 0. The van der Waals surface area contributed by atoms with E-state index in [9.17, 15) is 20.0 Å². The predicted molar refractivity (Wildman–Crippen MR) is 100 cm³/mol. The lowest BCUT2D eigenvalue weighted by Gasteiger charge is -2.16. The van der Waals surface area contributed by atoms with E-state index in [1.807, 2.05) is 19.9 Å². The van der Waals surface area contributed by atoms with Crippen LogP contribution in [0.3, 0.4) is 0 Å². The number of nitrogens with one attached hydrogen (secondary N) is 1. The van der Waals surface area contributed by atoms with Crippen molar-refractivity contribution in [2.24, 2.45) is 0 Å². The number of rotatable bonds is 7. The maximum absolute atomic E-state index is 11.6. The Labute approximate surface area is 162 Å². The number of carboxylic acids is 1. The Balaban J connectivity index is 1.94. The normalized spacial score (nSPS) is 16.1. The molecule has 1 fully saturated rings. The zero-order valence-corrected chi connectivity index (χ0v) is 15.7. The lowest BCUT2D eigenvalue weighted by atomic mass is 10.0. The molecule has 1 aliphatic heterocycles. The number of aromatic nitrogens is 1.